The first kappa shape index (κ1) is 30.2. The van der Waals surface area contributed by atoms with Crippen molar-refractivity contribution in [3.8, 4) is 0 Å². The quantitative estimate of drug-likeness (QED) is 0.309. The maximum atomic E-state index is 14.1. The molecule has 0 saturated heterocycles. The minimum Gasteiger partial charge on any atom is -0.352 e. The zero-order valence-corrected chi connectivity index (χ0v) is 24.4. The van der Waals surface area contributed by atoms with Crippen LogP contribution in [-0.2, 0) is 26.2 Å². The van der Waals surface area contributed by atoms with Gasteiger partial charge < -0.3 is 10.2 Å². The molecule has 0 aliphatic carbocycles. The highest BCUT2D eigenvalue weighted by Crippen LogP contribution is 2.27. The average molecular weight is 570 g/mol. The van der Waals surface area contributed by atoms with E-state index in [0.717, 1.165) is 16.3 Å². The molecule has 3 aromatic carbocycles. The van der Waals surface area contributed by atoms with Gasteiger partial charge in [-0.3, -0.25) is 13.9 Å². The van der Waals surface area contributed by atoms with Crippen LogP contribution in [0.3, 0.4) is 0 Å². The summed E-state index contributed by atoms with van der Waals surface area (Å²) in [7, 11) is -4.09. The highest BCUT2D eigenvalue weighted by Gasteiger charge is 2.34. The van der Waals surface area contributed by atoms with Crippen molar-refractivity contribution in [1.29, 1.82) is 0 Å². The van der Waals surface area contributed by atoms with E-state index >= 15 is 0 Å². The summed E-state index contributed by atoms with van der Waals surface area (Å²) in [5, 5.41) is 3.53. The van der Waals surface area contributed by atoms with Gasteiger partial charge in [0.2, 0.25) is 11.8 Å². The van der Waals surface area contributed by atoms with Crippen LogP contribution in [0.5, 0.6) is 0 Å². The molecule has 0 aromatic heterocycles. The van der Waals surface area contributed by atoms with Gasteiger partial charge in [0.05, 0.1) is 10.6 Å². The van der Waals surface area contributed by atoms with Gasteiger partial charge in [-0.05, 0) is 68.1 Å². The van der Waals surface area contributed by atoms with E-state index in [2.05, 4.69) is 5.32 Å². The number of carbonyl (C=O) groups excluding carboxylic acids is 2. The van der Waals surface area contributed by atoms with E-state index < -0.39 is 28.5 Å². The Balaban J connectivity index is 2.05. The van der Waals surface area contributed by atoms with Gasteiger partial charge in [0, 0.05) is 17.6 Å². The summed E-state index contributed by atoms with van der Waals surface area (Å²) >= 11 is 6.07. The van der Waals surface area contributed by atoms with Crippen LogP contribution in [0.2, 0.25) is 5.02 Å². The maximum absolute atomic E-state index is 14.1. The third-order valence-electron chi connectivity index (χ3n) is 6.65. The number of sulfonamides is 1. The predicted molar refractivity (Wildman–Crippen MR) is 156 cm³/mol. The van der Waals surface area contributed by atoms with Crippen molar-refractivity contribution in [3.05, 3.63) is 95.0 Å². The van der Waals surface area contributed by atoms with Crippen LogP contribution in [0, 0.1) is 6.92 Å². The smallest absolute Gasteiger partial charge is 0.264 e. The third-order valence-corrected chi connectivity index (χ3v) is 8.67. The van der Waals surface area contributed by atoms with Crippen molar-refractivity contribution >= 4 is 39.1 Å². The molecular formula is C30H36ClN3O4S. The van der Waals surface area contributed by atoms with Crippen molar-refractivity contribution in [1.82, 2.24) is 10.2 Å². The molecule has 0 unspecified atom stereocenters. The van der Waals surface area contributed by atoms with E-state index in [1.165, 1.54) is 17.0 Å². The summed E-state index contributed by atoms with van der Waals surface area (Å²) in [6.07, 6.45) is 1.10. The highest BCUT2D eigenvalue weighted by molar-refractivity contribution is 7.92. The molecule has 3 rings (SSSR count). The molecule has 208 valence electrons. The summed E-state index contributed by atoms with van der Waals surface area (Å²) in [5.41, 5.74) is 1.88. The van der Waals surface area contributed by atoms with Gasteiger partial charge in [-0.1, -0.05) is 74.0 Å². The second kappa shape index (κ2) is 13.6. The number of carbonyl (C=O) groups is 2. The summed E-state index contributed by atoms with van der Waals surface area (Å²) in [5.74, 6) is -0.763. The molecular weight excluding hydrogens is 534 g/mol. The number of anilines is 1. The number of nitrogens with zero attached hydrogens (tertiary/aromatic N) is 2. The lowest BCUT2D eigenvalue weighted by atomic mass is 10.1. The average Bonchev–Trinajstić information content (AvgIpc) is 2.93. The first-order valence-electron chi connectivity index (χ1n) is 13.1. The molecule has 0 radical (unpaired) electrons. The van der Waals surface area contributed by atoms with Crippen molar-refractivity contribution < 1.29 is 18.0 Å². The standard InChI is InChI=1S/C30H36ClN3O4S/c1-5-23(4)32-30(36)27(6-2)33(20-24-16-18-25(31)19-17-24)29(35)21-34(28-15-11-10-12-22(28)3)39(37,38)26-13-8-7-9-14-26/h7-19,23,27H,5-6,20-21H2,1-4H3,(H,32,36)/t23-,27+/m1/s1. The summed E-state index contributed by atoms with van der Waals surface area (Å²) < 4.78 is 28.8. The zero-order valence-electron chi connectivity index (χ0n) is 22.8. The summed E-state index contributed by atoms with van der Waals surface area (Å²) in [6.45, 7) is 7.16. The van der Waals surface area contributed by atoms with E-state index in [1.807, 2.05) is 26.8 Å². The zero-order chi connectivity index (χ0) is 28.6. The number of hydrogen-bond acceptors (Lipinski definition) is 4. The van der Waals surface area contributed by atoms with Gasteiger partial charge in [0.15, 0.2) is 0 Å². The van der Waals surface area contributed by atoms with Gasteiger partial charge >= 0.3 is 0 Å². The minimum absolute atomic E-state index is 0.0686. The molecule has 9 heteroatoms. The van der Waals surface area contributed by atoms with Crippen LogP contribution >= 0.6 is 11.6 Å². The monoisotopic (exact) mass is 569 g/mol. The fourth-order valence-corrected chi connectivity index (χ4v) is 5.85. The Bertz CT molecular complexity index is 1360. The lowest BCUT2D eigenvalue weighted by Gasteiger charge is -2.34. The molecule has 2 atom stereocenters. The Morgan fingerprint density at radius 2 is 1.51 bits per heavy atom. The first-order valence-corrected chi connectivity index (χ1v) is 14.9. The van der Waals surface area contributed by atoms with Gasteiger partial charge in [-0.15, -0.1) is 0 Å². The molecule has 3 aromatic rings. The summed E-state index contributed by atoms with van der Waals surface area (Å²) in [4.78, 5) is 28.9. The van der Waals surface area contributed by atoms with Crippen LogP contribution in [0.1, 0.15) is 44.7 Å². The summed E-state index contributed by atoms with van der Waals surface area (Å²) in [6, 6.07) is 21.2. The molecule has 0 saturated carbocycles. The van der Waals surface area contributed by atoms with E-state index in [4.69, 9.17) is 11.6 Å². The number of nitrogens with one attached hydrogen (secondary N) is 1. The van der Waals surface area contributed by atoms with E-state index in [9.17, 15) is 18.0 Å². The molecule has 0 spiro atoms. The van der Waals surface area contributed by atoms with Crippen LogP contribution in [0.25, 0.3) is 0 Å². The van der Waals surface area contributed by atoms with Crippen molar-refractivity contribution in [2.45, 2.75) is 64.1 Å². The van der Waals surface area contributed by atoms with Gasteiger partial charge in [0.1, 0.15) is 12.6 Å². The van der Waals surface area contributed by atoms with Crippen molar-refractivity contribution in [3.63, 3.8) is 0 Å². The molecule has 2 amide bonds. The van der Waals surface area contributed by atoms with Crippen LogP contribution in [0.4, 0.5) is 5.69 Å². The highest BCUT2D eigenvalue weighted by atomic mass is 35.5. The molecule has 39 heavy (non-hydrogen) atoms. The number of halogens is 1. The normalized spacial score (nSPS) is 12.8. The molecule has 7 nitrogen and oxygen atoms in total. The number of aryl methyl sites for hydroxylation is 1. The molecule has 1 N–H and O–H groups in total. The van der Waals surface area contributed by atoms with Gasteiger partial charge in [0.25, 0.3) is 10.0 Å². The lowest BCUT2D eigenvalue weighted by molar-refractivity contribution is -0.140. The number of amides is 2. The number of benzene rings is 3. The van der Waals surface area contributed by atoms with Crippen LogP contribution < -0.4 is 9.62 Å². The Kier molecular flexibility index (Phi) is 10.5. The first-order chi connectivity index (χ1) is 18.6. The predicted octanol–water partition coefficient (Wildman–Crippen LogP) is 5.57. The second-order valence-corrected chi connectivity index (χ2v) is 11.8. The van der Waals surface area contributed by atoms with E-state index in [-0.39, 0.29) is 23.4 Å². The van der Waals surface area contributed by atoms with Gasteiger partial charge in [-0.2, -0.15) is 0 Å². The Labute approximate surface area is 236 Å². The van der Waals surface area contributed by atoms with E-state index in [1.54, 1.807) is 67.6 Å². The Morgan fingerprint density at radius 1 is 0.897 bits per heavy atom. The minimum atomic E-state index is -4.09. The largest absolute Gasteiger partial charge is 0.352 e. The maximum Gasteiger partial charge on any atom is 0.264 e. The van der Waals surface area contributed by atoms with Crippen LogP contribution in [0.15, 0.2) is 83.8 Å². The molecule has 0 aliphatic rings. The molecule has 0 aliphatic heterocycles. The second-order valence-electron chi connectivity index (χ2n) is 9.50. The fourth-order valence-electron chi connectivity index (χ4n) is 4.22. The SMILES string of the molecule is CC[C@@H](C)NC(=O)[C@H](CC)N(Cc1ccc(Cl)cc1)C(=O)CN(c1ccccc1C)S(=O)(=O)c1ccccc1. The number of rotatable bonds is 12. The van der Waals surface area contributed by atoms with Crippen LogP contribution in [-0.4, -0.2) is 43.8 Å². The molecule has 0 heterocycles. The Morgan fingerprint density at radius 3 is 2.10 bits per heavy atom. The lowest BCUT2D eigenvalue weighted by Crippen LogP contribution is -2.53. The fraction of sp³-hybridized carbons (Fsp3) is 0.333. The number of para-hydroxylation sites is 1. The van der Waals surface area contributed by atoms with Crippen molar-refractivity contribution in [2.75, 3.05) is 10.8 Å². The third kappa shape index (κ3) is 7.61. The van der Waals surface area contributed by atoms with E-state index in [0.29, 0.717) is 22.7 Å². The molecule has 0 fully saturated rings. The Hall–Kier alpha value is -3.36. The van der Waals surface area contributed by atoms with Crippen molar-refractivity contribution in [2.24, 2.45) is 0 Å². The van der Waals surface area contributed by atoms with Gasteiger partial charge in [-0.25, -0.2) is 8.42 Å². The topological polar surface area (TPSA) is 86.8 Å². The molecule has 0 bridgehead atoms. The number of hydrogen-bond donors (Lipinski definition) is 1.